The summed E-state index contributed by atoms with van der Waals surface area (Å²) in [5.74, 6) is 1.44. The molecule has 7 heteroatoms. The first-order valence-electron chi connectivity index (χ1n) is 9.46. The maximum Gasteiger partial charge on any atom is 0.222 e. The van der Waals surface area contributed by atoms with Crippen molar-refractivity contribution in [3.05, 3.63) is 78.6 Å². The molecular formula is C22H23N5O2. The van der Waals surface area contributed by atoms with Crippen molar-refractivity contribution in [2.75, 3.05) is 7.11 Å². The Bertz CT molecular complexity index is 1130. The second-order valence-corrected chi connectivity index (χ2v) is 6.85. The topological polar surface area (TPSA) is 74.0 Å². The van der Waals surface area contributed by atoms with Gasteiger partial charge in [0.2, 0.25) is 5.91 Å². The lowest BCUT2D eigenvalue weighted by Gasteiger charge is -2.20. The summed E-state index contributed by atoms with van der Waals surface area (Å²) >= 11 is 0. The number of ether oxygens (including phenoxy) is 1. The molecule has 1 atom stereocenters. The Labute approximate surface area is 169 Å². The molecule has 4 rings (SSSR count). The Kier molecular flexibility index (Phi) is 5.29. The van der Waals surface area contributed by atoms with E-state index in [-0.39, 0.29) is 11.9 Å². The van der Waals surface area contributed by atoms with Gasteiger partial charge < -0.3 is 19.2 Å². The highest BCUT2D eigenvalue weighted by Crippen LogP contribution is 2.24. The number of nitrogens with one attached hydrogen (secondary N) is 1. The summed E-state index contributed by atoms with van der Waals surface area (Å²) < 4.78 is 9.25. The van der Waals surface area contributed by atoms with Gasteiger partial charge in [0, 0.05) is 32.4 Å². The SMILES string of the molecule is COc1cccc(C(NC(=O)CCn2cnc3ccccc32)c2nccn2C)c1. The van der Waals surface area contributed by atoms with Crippen molar-refractivity contribution in [3.8, 4) is 5.75 Å². The third kappa shape index (κ3) is 3.99. The van der Waals surface area contributed by atoms with Crippen molar-refractivity contribution in [2.24, 2.45) is 7.05 Å². The number of para-hydroxylation sites is 2. The third-order valence-electron chi connectivity index (χ3n) is 4.96. The summed E-state index contributed by atoms with van der Waals surface area (Å²) in [6.45, 7) is 0.553. The van der Waals surface area contributed by atoms with Crippen LogP contribution in [0.25, 0.3) is 11.0 Å². The van der Waals surface area contributed by atoms with Gasteiger partial charge in [-0.25, -0.2) is 9.97 Å². The monoisotopic (exact) mass is 389 g/mol. The number of carbonyl (C=O) groups is 1. The zero-order valence-corrected chi connectivity index (χ0v) is 16.4. The molecule has 0 fully saturated rings. The van der Waals surface area contributed by atoms with Gasteiger partial charge >= 0.3 is 0 Å². The molecule has 4 aromatic rings. The number of nitrogens with zero attached hydrogens (tertiary/aromatic N) is 4. The number of carbonyl (C=O) groups excluding carboxylic acids is 1. The second kappa shape index (κ2) is 8.18. The number of imidazole rings is 2. The van der Waals surface area contributed by atoms with E-state index in [4.69, 9.17) is 4.74 Å². The molecular weight excluding hydrogens is 366 g/mol. The predicted molar refractivity (Wildman–Crippen MR) is 111 cm³/mol. The van der Waals surface area contributed by atoms with Crippen LogP contribution in [0.2, 0.25) is 0 Å². The predicted octanol–water partition coefficient (Wildman–Crippen LogP) is 3.07. The molecule has 1 amide bonds. The average molecular weight is 389 g/mol. The van der Waals surface area contributed by atoms with Crippen molar-refractivity contribution in [2.45, 2.75) is 19.0 Å². The first-order chi connectivity index (χ1) is 14.2. The fraction of sp³-hybridized carbons (Fsp3) is 0.227. The lowest BCUT2D eigenvalue weighted by atomic mass is 10.1. The van der Waals surface area contributed by atoms with E-state index < -0.39 is 0 Å². The van der Waals surface area contributed by atoms with Gasteiger partial charge in [-0.05, 0) is 29.8 Å². The zero-order valence-electron chi connectivity index (χ0n) is 16.4. The summed E-state index contributed by atoms with van der Waals surface area (Å²) in [6, 6.07) is 15.2. The molecule has 29 heavy (non-hydrogen) atoms. The quantitative estimate of drug-likeness (QED) is 0.527. The molecule has 0 saturated carbocycles. The molecule has 0 aliphatic carbocycles. The number of hydrogen-bond donors (Lipinski definition) is 1. The maximum atomic E-state index is 12.8. The molecule has 1 N–H and O–H groups in total. The Morgan fingerprint density at radius 3 is 2.83 bits per heavy atom. The number of rotatable bonds is 7. The second-order valence-electron chi connectivity index (χ2n) is 6.85. The summed E-state index contributed by atoms with van der Waals surface area (Å²) in [6.07, 6.45) is 5.71. The van der Waals surface area contributed by atoms with E-state index in [0.29, 0.717) is 13.0 Å². The number of benzene rings is 2. The highest BCUT2D eigenvalue weighted by molar-refractivity contribution is 5.78. The Morgan fingerprint density at radius 2 is 2.03 bits per heavy atom. The van der Waals surface area contributed by atoms with Gasteiger partial charge in [0.25, 0.3) is 0 Å². The van der Waals surface area contributed by atoms with E-state index in [2.05, 4.69) is 15.3 Å². The molecule has 148 valence electrons. The summed E-state index contributed by atoms with van der Waals surface area (Å²) in [5.41, 5.74) is 2.86. The van der Waals surface area contributed by atoms with Gasteiger partial charge in [-0.15, -0.1) is 0 Å². The van der Waals surface area contributed by atoms with Crippen molar-refractivity contribution in [3.63, 3.8) is 0 Å². The summed E-state index contributed by atoms with van der Waals surface area (Å²) in [4.78, 5) is 21.6. The Balaban J connectivity index is 1.52. The van der Waals surface area contributed by atoms with Crippen molar-refractivity contribution < 1.29 is 9.53 Å². The van der Waals surface area contributed by atoms with Gasteiger partial charge in [-0.3, -0.25) is 4.79 Å². The fourth-order valence-electron chi connectivity index (χ4n) is 3.42. The molecule has 0 bridgehead atoms. The minimum atomic E-state index is -0.364. The Hall–Kier alpha value is -3.61. The highest BCUT2D eigenvalue weighted by Gasteiger charge is 2.21. The normalized spacial score (nSPS) is 12.1. The van der Waals surface area contributed by atoms with Crippen LogP contribution in [0.1, 0.15) is 23.9 Å². The standard InChI is InChI=1S/C22H23N5O2/c1-26-13-11-23-22(26)21(16-6-5-7-17(14-16)29-2)25-20(28)10-12-27-15-24-18-8-3-4-9-19(18)27/h3-9,11,13-15,21H,10,12H2,1-2H3,(H,25,28). The zero-order chi connectivity index (χ0) is 20.2. The lowest BCUT2D eigenvalue weighted by Crippen LogP contribution is -2.31. The molecule has 7 nitrogen and oxygen atoms in total. The van der Waals surface area contributed by atoms with E-state index in [0.717, 1.165) is 28.2 Å². The first-order valence-corrected chi connectivity index (χ1v) is 9.46. The third-order valence-corrected chi connectivity index (χ3v) is 4.96. The van der Waals surface area contributed by atoms with Crippen molar-refractivity contribution >= 4 is 16.9 Å². The van der Waals surface area contributed by atoms with Crippen LogP contribution in [0.5, 0.6) is 5.75 Å². The first kappa shape index (κ1) is 18.7. The number of hydrogen-bond acceptors (Lipinski definition) is 4. The molecule has 2 aromatic heterocycles. The molecule has 0 spiro atoms. The molecule has 2 aromatic carbocycles. The molecule has 0 aliphatic heterocycles. The fourth-order valence-corrected chi connectivity index (χ4v) is 3.42. The number of methoxy groups -OCH3 is 1. The summed E-state index contributed by atoms with van der Waals surface area (Å²) in [7, 11) is 3.54. The van der Waals surface area contributed by atoms with E-state index in [1.54, 1.807) is 19.6 Å². The Morgan fingerprint density at radius 1 is 1.17 bits per heavy atom. The van der Waals surface area contributed by atoms with Crippen LogP contribution in [-0.4, -0.2) is 32.1 Å². The number of aryl methyl sites for hydroxylation is 2. The largest absolute Gasteiger partial charge is 0.497 e. The summed E-state index contributed by atoms with van der Waals surface area (Å²) in [5, 5.41) is 3.13. The van der Waals surface area contributed by atoms with Gasteiger partial charge in [-0.2, -0.15) is 0 Å². The van der Waals surface area contributed by atoms with Crippen LogP contribution in [0.4, 0.5) is 0 Å². The van der Waals surface area contributed by atoms with Gasteiger partial charge in [0.1, 0.15) is 17.6 Å². The number of fused-ring (bicyclic) bond motifs is 1. The van der Waals surface area contributed by atoms with Crippen LogP contribution in [0.15, 0.2) is 67.3 Å². The smallest absolute Gasteiger partial charge is 0.222 e. The van der Waals surface area contributed by atoms with E-state index in [1.807, 2.05) is 70.9 Å². The van der Waals surface area contributed by atoms with Crippen LogP contribution in [0, 0.1) is 0 Å². The molecule has 0 saturated heterocycles. The van der Waals surface area contributed by atoms with E-state index >= 15 is 0 Å². The van der Waals surface area contributed by atoms with Gasteiger partial charge in [0.15, 0.2) is 0 Å². The van der Waals surface area contributed by atoms with Crippen LogP contribution < -0.4 is 10.1 Å². The maximum absolute atomic E-state index is 12.8. The van der Waals surface area contributed by atoms with Crippen molar-refractivity contribution in [1.29, 1.82) is 0 Å². The van der Waals surface area contributed by atoms with Crippen LogP contribution in [0.3, 0.4) is 0 Å². The van der Waals surface area contributed by atoms with E-state index in [1.165, 1.54) is 0 Å². The molecule has 1 unspecified atom stereocenters. The molecule has 0 aliphatic rings. The minimum Gasteiger partial charge on any atom is -0.497 e. The minimum absolute atomic E-state index is 0.0569. The number of aromatic nitrogens is 4. The molecule has 2 heterocycles. The molecule has 0 radical (unpaired) electrons. The lowest BCUT2D eigenvalue weighted by molar-refractivity contribution is -0.121. The van der Waals surface area contributed by atoms with E-state index in [9.17, 15) is 4.79 Å². The average Bonchev–Trinajstić information content (AvgIpc) is 3.36. The van der Waals surface area contributed by atoms with Gasteiger partial charge in [0.05, 0.1) is 24.5 Å². The number of amides is 1. The van der Waals surface area contributed by atoms with Crippen LogP contribution in [-0.2, 0) is 18.4 Å². The highest BCUT2D eigenvalue weighted by atomic mass is 16.5. The van der Waals surface area contributed by atoms with Crippen LogP contribution >= 0.6 is 0 Å². The van der Waals surface area contributed by atoms with Gasteiger partial charge in [-0.1, -0.05) is 24.3 Å². The van der Waals surface area contributed by atoms with Crippen molar-refractivity contribution in [1.82, 2.24) is 24.4 Å².